The Balaban J connectivity index is 1.18. The number of carbonyl (C=O) groups excluding carboxylic acids is 1. The molecule has 0 unspecified atom stereocenters. The second-order valence-corrected chi connectivity index (χ2v) is 8.13. The summed E-state index contributed by atoms with van der Waals surface area (Å²) >= 11 is 0. The number of anilines is 2. The zero-order valence-corrected chi connectivity index (χ0v) is 19.4. The summed E-state index contributed by atoms with van der Waals surface area (Å²) in [5, 5.41) is 15.2. The number of amides is 1. The van der Waals surface area contributed by atoms with Gasteiger partial charge in [0.2, 0.25) is 5.91 Å². The molecule has 11 nitrogen and oxygen atoms in total. The first kappa shape index (κ1) is 26.1. The van der Waals surface area contributed by atoms with Gasteiger partial charge in [0.25, 0.3) is 11.6 Å². The normalized spacial score (nSPS) is 14.3. The van der Waals surface area contributed by atoms with E-state index in [0.29, 0.717) is 43.3 Å². The lowest BCUT2D eigenvalue weighted by Crippen LogP contribution is -2.49. The molecule has 0 bridgehead atoms. The van der Waals surface area contributed by atoms with E-state index in [1.165, 1.54) is 18.2 Å². The highest BCUT2D eigenvalue weighted by atomic mass is 19.4. The van der Waals surface area contributed by atoms with E-state index in [1.807, 2.05) is 10.00 Å². The van der Waals surface area contributed by atoms with Crippen molar-refractivity contribution in [1.82, 2.24) is 20.1 Å². The van der Waals surface area contributed by atoms with Crippen LogP contribution < -0.4 is 15.8 Å². The summed E-state index contributed by atoms with van der Waals surface area (Å²) in [6.45, 7) is 2.04. The maximum atomic E-state index is 13.4. The summed E-state index contributed by atoms with van der Waals surface area (Å²) in [4.78, 5) is 32.1. The number of nitrogens with zero attached hydrogens (tertiary/aromatic N) is 4. The van der Waals surface area contributed by atoms with Gasteiger partial charge in [0.1, 0.15) is 11.3 Å². The van der Waals surface area contributed by atoms with Gasteiger partial charge in [0.15, 0.2) is 11.3 Å². The average Bonchev–Trinajstić information content (AvgIpc) is 3.28. The summed E-state index contributed by atoms with van der Waals surface area (Å²) in [5.41, 5.74) is -3.12. The Morgan fingerprint density at radius 1 is 1.22 bits per heavy atom. The number of piperazine rings is 1. The number of ether oxygens (including phenoxy) is 1. The van der Waals surface area contributed by atoms with Crippen molar-refractivity contribution in [3.63, 3.8) is 0 Å². The zero-order valence-electron chi connectivity index (χ0n) is 19.4. The molecule has 3 N–H and O–H groups in total. The summed E-state index contributed by atoms with van der Waals surface area (Å²) in [5.74, 6) is -0.533. The lowest BCUT2D eigenvalue weighted by molar-refractivity contribution is -0.132. The third-order valence-electron chi connectivity index (χ3n) is 5.65. The van der Waals surface area contributed by atoms with Gasteiger partial charge >= 0.3 is 6.18 Å². The topological polar surface area (TPSA) is 140 Å². The van der Waals surface area contributed by atoms with Gasteiger partial charge in [-0.1, -0.05) is 0 Å². The molecule has 1 aliphatic heterocycles. The minimum Gasteiger partial charge on any atom is -0.423 e. The number of H-pyrrole nitrogens is 1. The second-order valence-electron chi connectivity index (χ2n) is 8.13. The molecular formula is C22H23F4N7O4. The van der Waals surface area contributed by atoms with E-state index in [1.54, 1.807) is 4.90 Å². The van der Waals surface area contributed by atoms with Crippen molar-refractivity contribution in [3.8, 4) is 0 Å². The molecule has 0 aliphatic carbocycles. The fourth-order valence-corrected chi connectivity index (χ4v) is 3.77. The van der Waals surface area contributed by atoms with E-state index in [0.717, 1.165) is 6.20 Å². The lowest BCUT2D eigenvalue weighted by atomic mass is 10.1. The summed E-state index contributed by atoms with van der Waals surface area (Å²) in [7, 11) is 0. The smallest absolute Gasteiger partial charge is 0.423 e. The first-order valence-corrected chi connectivity index (χ1v) is 11.3. The van der Waals surface area contributed by atoms with Crippen LogP contribution in [-0.2, 0) is 9.53 Å². The monoisotopic (exact) mass is 525 g/mol. The third-order valence-corrected chi connectivity index (χ3v) is 5.65. The molecule has 198 valence electrons. The van der Waals surface area contributed by atoms with Crippen LogP contribution in [0.4, 0.5) is 29.3 Å². The quantitative estimate of drug-likeness (QED) is 0.219. The van der Waals surface area contributed by atoms with Crippen LogP contribution >= 0.6 is 0 Å². The Hall–Kier alpha value is -4.01. The van der Waals surface area contributed by atoms with Crippen molar-refractivity contribution in [2.75, 3.05) is 56.2 Å². The molecule has 3 heterocycles. The number of hydrogen-bond acceptors (Lipinski definition) is 9. The number of benzene rings is 1. The molecule has 1 amide bonds. The summed E-state index contributed by atoms with van der Waals surface area (Å²) in [6.07, 6.45) is -3.90. The predicted octanol–water partition coefficient (Wildman–Crippen LogP) is 2.15. The minimum absolute atomic E-state index is 0.0323. The Morgan fingerprint density at radius 3 is 2.70 bits per heavy atom. The fraction of sp³-hybridized carbons (Fsp3) is 0.409. The van der Waals surface area contributed by atoms with Crippen molar-refractivity contribution >= 4 is 34.4 Å². The highest BCUT2D eigenvalue weighted by molar-refractivity contribution is 6.06. The van der Waals surface area contributed by atoms with Crippen molar-refractivity contribution < 1.29 is 31.5 Å². The number of fused-ring (bicyclic) bond motifs is 1. The van der Waals surface area contributed by atoms with Crippen molar-refractivity contribution in [2.24, 2.45) is 0 Å². The minimum atomic E-state index is -4.99. The van der Waals surface area contributed by atoms with Gasteiger partial charge in [-0.05, 0) is 12.1 Å². The Bertz CT molecular complexity index is 1330. The van der Waals surface area contributed by atoms with E-state index in [-0.39, 0.29) is 37.8 Å². The lowest BCUT2D eigenvalue weighted by Gasteiger charge is -2.33. The molecule has 1 fully saturated rings. The Kier molecular flexibility index (Phi) is 7.71. The van der Waals surface area contributed by atoms with Gasteiger partial charge in [-0.15, -0.1) is 0 Å². The number of aromatic amines is 1. The summed E-state index contributed by atoms with van der Waals surface area (Å²) in [6, 6.07) is 4.48. The van der Waals surface area contributed by atoms with Gasteiger partial charge in [0.05, 0.1) is 37.1 Å². The van der Waals surface area contributed by atoms with Crippen molar-refractivity contribution in [1.29, 1.82) is 5.41 Å². The fourth-order valence-electron chi connectivity index (χ4n) is 3.77. The zero-order chi connectivity index (χ0) is 26.6. The molecule has 37 heavy (non-hydrogen) atoms. The van der Waals surface area contributed by atoms with Crippen LogP contribution in [0.15, 0.2) is 33.6 Å². The van der Waals surface area contributed by atoms with Crippen molar-refractivity contribution in [2.45, 2.75) is 12.6 Å². The second kappa shape index (κ2) is 10.9. The molecule has 1 saturated heterocycles. The predicted molar refractivity (Wildman–Crippen MR) is 124 cm³/mol. The molecule has 3 aromatic rings. The van der Waals surface area contributed by atoms with Crippen LogP contribution in [-0.4, -0.2) is 83.8 Å². The summed E-state index contributed by atoms with van der Waals surface area (Å²) < 4.78 is 63.0. The van der Waals surface area contributed by atoms with Crippen LogP contribution in [0.25, 0.3) is 11.1 Å². The number of carbonyl (C=O) groups is 1. The van der Waals surface area contributed by atoms with Crippen molar-refractivity contribution in [3.05, 3.63) is 46.1 Å². The van der Waals surface area contributed by atoms with E-state index < -0.39 is 28.8 Å². The van der Waals surface area contributed by atoms with E-state index in [2.05, 4.69) is 15.4 Å². The van der Waals surface area contributed by atoms with Crippen LogP contribution in [0.2, 0.25) is 0 Å². The number of alkyl halides is 3. The molecule has 1 aromatic carbocycles. The molecular weight excluding hydrogens is 502 g/mol. The maximum absolute atomic E-state index is 13.4. The van der Waals surface area contributed by atoms with Crippen LogP contribution in [0, 0.1) is 11.2 Å². The molecule has 4 rings (SSSR count). The molecule has 15 heteroatoms. The highest BCUT2D eigenvalue weighted by Crippen LogP contribution is 2.24. The molecule has 0 spiro atoms. The molecule has 0 saturated carbocycles. The van der Waals surface area contributed by atoms with Crippen LogP contribution in [0.5, 0.6) is 0 Å². The average molecular weight is 525 g/mol. The van der Waals surface area contributed by atoms with Gasteiger partial charge in [-0.3, -0.25) is 15.0 Å². The highest BCUT2D eigenvalue weighted by Gasteiger charge is 2.38. The van der Waals surface area contributed by atoms with Crippen LogP contribution in [0.1, 0.15) is 12.0 Å². The van der Waals surface area contributed by atoms with E-state index >= 15 is 0 Å². The first-order valence-electron chi connectivity index (χ1n) is 11.3. The third kappa shape index (κ3) is 6.22. The maximum Gasteiger partial charge on any atom is 0.433 e. The molecule has 0 atom stereocenters. The standard InChI is InChI=1S/C22H23F4N7O4/c23-13-1-2-14-16(11-13)37-21(30-14)33-7-5-32(6-8-33)17(34)3-9-36-10-4-28-15-12-29-31-20(35)18(15)19(27)22(24,25)26/h1-2,11-12,27H,3-10H2,(H2,28,31,35). The van der Waals surface area contributed by atoms with Gasteiger partial charge < -0.3 is 24.3 Å². The van der Waals surface area contributed by atoms with Gasteiger partial charge in [-0.2, -0.15) is 23.3 Å². The van der Waals surface area contributed by atoms with E-state index in [4.69, 9.17) is 14.6 Å². The van der Waals surface area contributed by atoms with Gasteiger partial charge in [0, 0.05) is 38.8 Å². The Morgan fingerprint density at radius 2 is 1.97 bits per heavy atom. The molecule has 2 aromatic heterocycles. The Labute approximate surface area is 206 Å². The number of halogens is 4. The molecule has 1 aliphatic rings. The number of oxazole rings is 1. The molecule has 0 radical (unpaired) electrons. The number of hydrogen-bond donors (Lipinski definition) is 3. The number of nitrogens with one attached hydrogen (secondary N) is 3. The number of aromatic nitrogens is 3. The van der Waals surface area contributed by atoms with Gasteiger partial charge in [-0.25, -0.2) is 9.49 Å². The largest absolute Gasteiger partial charge is 0.433 e. The van der Waals surface area contributed by atoms with Crippen LogP contribution in [0.3, 0.4) is 0 Å². The first-order chi connectivity index (χ1) is 17.6. The SMILES string of the molecule is N=C(c1c(NCCOCCC(=O)N2CCN(c3nc4ccc(F)cc4o3)CC2)cn[nH]c1=O)C(F)(F)F. The number of rotatable bonds is 9. The van der Waals surface area contributed by atoms with E-state index in [9.17, 15) is 27.2 Å².